The quantitative estimate of drug-likeness (QED) is 0.0637. The van der Waals surface area contributed by atoms with E-state index in [1.807, 2.05) is 52.0 Å². The number of aliphatic hydroxyl groups excluding tert-OH is 1. The van der Waals surface area contributed by atoms with Gasteiger partial charge in [0.05, 0.1) is 63.8 Å². The summed E-state index contributed by atoms with van der Waals surface area (Å²) < 4.78 is 53.3. The van der Waals surface area contributed by atoms with E-state index in [0.29, 0.717) is 36.6 Å². The zero-order valence-electron chi connectivity index (χ0n) is 40.0. The van der Waals surface area contributed by atoms with E-state index in [-0.39, 0.29) is 42.5 Å². The molecule has 0 bridgehead atoms. The van der Waals surface area contributed by atoms with Crippen LogP contribution in [0.2, 0.25) is 0 Å². The number of rotatable bonds is 16. The number of ether oxygens (including phenoxy) is 2. The molecule has 19 heteroatoms. The second kappa shape index (κ2) is 21.2. The van der Waals surface area contributed by atoms with Crippen LogP contribution in [0.3, 0.4) is 0 Å². The molecule has 4 amide bonds. The highest BCUT2D eigenvalue weighted by molar-refractivity contribution is 7.81. The number of nitriles is 1. The molecule has 1 aromatic heterocycles. The number of unbranched alkanes of at least 4 members (excludes halogenated alkanes) is 1. The highest BCUT2D eigenvalue weighted by Crippen LogP contribution is 2.40. The maximum atomic E-state index is 14.3. The van der Waals surface area contributed by atoms with Gasteiger partial charge in [-0.1, -0.05) is 57.2 Å². The summed E-state index contributed by atoms with van der Waals surface area (Å²) in [6.07, 6.45) is -4.56. The van der Waals surface area contributed by atoms with Crippen LogP contribution in [-0.2, 0) is 27.1 Å². The molecule has 0 saturated carbocycles. The number of hydrogen-bond donors (Lipinski definition) is 3. The molecule has 7 rings (SSSR count). The molecule has 3 atom stereocenters. The molecule has 71 heavy (non-hydrogen) atoms. The van der Waals surface area contributed by atoms with Crippen LogP contribution in [0.15, 0.2) is 96.5 Å². The van der Waals surface area contributed by atoms with Crippen molar-refractivity contribution in [3.63, 3.8) is 0 Å². The number of aryl methyl sites for hydroxylation is 1. The molecular formula is C52H54F3N7O7S2. The summed E-state index contributed by atoms with van der Waals surface area (Å²) in [5.41, 5.74) is 1.49. The lowest BCUT2D eigenvalue weighted by Crippen LogP contribution is -2.57. The van der Waals surface area contributed by atoms with E-state index in [1.54, 1.807) is 90.2 Å². The Morgan fingerprint density at radius 2 is 1.63 bits per heavy atom. The molecule has 3 heterocycles. The number of nitrogens with zero attached hydrogens (tertiary/aromatic N) is 5. The molecule has 5 aromatic rings. The summed E-state index contributed by atoms with van der Waals surface area (Å²) in [5, 5.41) is 25.7. The van der Waals surface area contributed by atoms with E-state index in [0.717, 1.165) is 38.7 Å². The smallest absolute Gasteiger partial charge is 0.417 e. The van der Waals surface area contributed by atoms with Gasteiger partial charge in [-0.05, 0) is 117 Å². The zero-order valence-corrected chi connectivity index (χ0v) is 41.6. The van der Waals surface area contributed by atoms with Crippen LogP contribution < -0.4 is 29.9 Å². The summed E-state index contributed by atoms with van der Waals surface area (Å²) in [4.78, 5) is 64.7. The van der Waals surface area contributed by atoms with Crippen LogP contribution in [-0.4, -0.2) is 87.2 Å². The van der Waals surface area contributed by atoms with Crippen LogP contribution in [0.4, 0.5) is 24.5 Å². The van der Waals surface area contributed by atoms with Crippen LogP contribution >= 0.6 is 23.6 Å². The van der Waals surface area contributed by atoms with Crippen molar-refractivity contribution in [2.24, 2.45) is 5.41 Å². The van der Waals surface area contributed by atoms with Gasteiger partial charge >= 0.3 is 6.18 Å². The Balaban J connectivity index is 0.906. The number of aromatic nitrogens is 1. The van der Waals surface area contributed by atoms with Gasteiger partial charge in [-0.3, -0.25) is 24.1 Å². The first-order chi connectivity index (χ1) is 33.6. The van der Waals surface area contributed by atoms with Crippen LogP contribution in [0, 0.1) is 23.7 Å². The number of benzene rings is 4. The van der Waals surface area contributed by atoms with Crippen molar-refractivity contribution >= 4 is 63.7 Å². The van der Waals surface area contributed by atoms with Crippen molar-refractivity contribution < 1.29 is 46.9 Å². The van der Waals surface area contributed by atoms with Gasteiger partial charge in [0.1, 0.15) is 29.1 Å². The molecule has 0 aliphatic carbocycles. The molecule has 14 nitrogen and oxygen atoms in total. The van der Waals surface area contributed by atoms with Gasteiger partial charge in [0, 0.05) is 25.2 Å². The van der Waals surface area contributed by atoms with E-state index in [2.05, 4.69) is 15.6 Å². The van der Waals surface area contributed by atoms with Crippen molar-refractivity contribution in [1.29, 1.82) is 5.26 Å². The Kier molecular flexibility index (Phi) is 15.5. The predicted molar refractivity (Wildman–Crippen MR) is 267 cm³/mol. The number of β-amino-alcohol motifs (C(OH)–C–C–N with tert-alkyl or cyclic N) is 1. The number of thiocarbonyl (C=S) groups is 1. The number of aliphatic hydroxyl groups is 1. The number of amides is 4. The molecule has 0 spiro atoms. The lowest BCUT2D eigenvalue weighted by molar-refractivity contribution is -0.142. The van der Waals surface area contributed by atoms with Crippen LogP contribution in [0.5, 0.6) is 11.5 Å². The van der Waals surface area contributed by atoms with Crippen LogP contribution in [0.1, 0.15) is 86.6 Å². The summed E-state index contributed by atoms with van der Waals surface area (Å²) >= 11 is 7.20. The predicted octanol–water partition coefficient (Wildman–Crippen LogP) is 8.59. The number of carbonyl (C=O) groups is 4. The van der Waals surface area contributed by atoms with E-state index >= 15 is 0 Å². The second-order valence-corrected chi connectivity index (χ2v) is 20.1. The van der Waals surface area contributed by atoms with Crippen LogP contribution in [0.25, 0.3) is 10.4 Å². The number of thiazole rings is 1. The third kappa shape index (κ3) is 11.5. The molecule has 2 aliphatic rings. The standard InChI is InChI=1S/C52H54F3N7O7S2/c1-31-43(71-30-58-31)33-15-13-32(14-16-33)28-57-46(65)41-26-37(63)29-60(41)47(66)44(50(2,3)4)59-45(64)39-11-7-8-12-42(39)69-24-10-9-23-68-38-21-19-35(20-22-38)62-49(70)61(48(67)51(62,5)6)36-18-17-34(27-56)40(25-36)52(53,54)55/h7-8,11-22,25,30,37,41,44,63H,9-10,23-24,26,28-29H2,1-6H3,(H,57,65)(H,59,64)/t37-,41+,44?/m1/s1. The molecular weight excluding hydrogens is 956 g/mol. The number of anilines is 2. The number of para-hydroxylation sites is 1. The van der Waals surface area contributed by atoms with Crippen molar-refractivity contribution in [2.45, 2.75) is 97.3 Å². The van der Waals surface area contributed by atoms with Gasteiger partial charge in [-0.25, -0.2) is 4.98 Å². The molecule has 1 unspecified atom stereocenters. The maximum Gasteiger partial charge on any atom is 0.417 e. The Morgan fingerprint density at radius 3 is 2.27 bits per heavy atom. The van der Waals surface area contributed by atoms with E-state index in [1.165, 1.54) is 11.0 Å². The van der Waals surface area contributed by atoms with Gasteiger partial charge in [-0.15, -0.1) is 11.3 Å². The van der Waals surface area contributed by atoms with Crippen molar-refractivity contribution in [3.8, 4) is 28.0 Å². The Morgan fingerprint density at radius 1 is 0.972 bits per heavy atom. The third-order valence-corrected chi connectivity index (χ3v) is 13.7. The first kappa shape index (κ1) is 52.0. The van der Waals surface area contributed by atoms with Gasteiger partial charge in [-0.2, -0.15) is 18.4 Å². The van der Waals surface area contributed by atoms with E-state index < -0.39 is 70.1 Å². The minimum Gasteiger partial charge on any atom is -0.494 e. The minimum absolute atomic E-state index is 0.0249. The fourth-order valence-corrected chi connectivity index (χ4v) is 9.83. The van der Waals surface area contributed by atoms with Crippen molar-refractivity contribution in [1.82, 2.24) is 20.5 Å². The second-order valence-electron chi connectivity index (χ2n) is 18.9. The van der Waals surface area contributed by atoms with Gasteiger partial charge in [0.15, 0.2) is 5.11 Å². The monoisotopic (exact) mass is 1010 g/mol. The van der Waals surface area contributed by atoms with Gasteiger partial charge in [0.25, 0.3) is 11.8 Å². The Bertz CT molecular complexity index is 2840. The number of carbonyl (C=O) groups excluding carboxylic acids is 4. The topological polar surface area (TPSA) is 177 Å². The normalized spacial score (nSPS) is 17.2. The Labute approximate surface area is 419 Å². The summed E-state index contributed by atoms with van der Waals surface area (Å²) in [5.74, 6) is -1.15. The lowest BCUT2D eigenvalue weighted by atomic mass is 9.85. The van der Waals surface area contributed by atoms with Gasteiger partial charge in [0.2, 0.25) is 11.8 Å². The lowest BCUT2D eigenvalue weighted by Gasteiger charge is -2.35. The van der Waals surface area contributed by atoms with Crippen molar-refractivity contribution in [3.05, 3.63) is 124 Å². The average Bonchev–Trinajstić information content (AvgIpc) is 4.00. The summed E-state index contributed by atoms with van der Waals surface area (Å²) in [7, 11) is 0. The largest absolute Gasteiger partial charge is 0.494 e. The third-order valence-electron chi connectivity index (χ3n) is 12.3. The summed E-state index contributed by atoms with van der Waals surface area (Å²) in [6, 6.07) is 23.8. The number of hydrogen-bond acceptors (Lipinski definition) is 11. The molecule has 2 saturated heterocycles. The van der Waals surface area contributed by atoms with E-state index in [9.17, 15) is 42.7 Å². The number of halogens is 3. The Hall–Kier alpha value is -6.88. The summed E-state index contributed by atoms with van der Waals surface area (Å²) in [6.45, 7) is 11.3. The number of likely N-dealkylation sites (tertiary alicyclic amines) is 1. The maximum absolute atomic E-state index is 14.3. The zero-order chi connectivity index (χ0) is 51.4. The number of nitrogens with one attached hydrogen (secondary N) is 2. The van der Waals surface area contributed by atoms with Crippen molar-refractivity contribution in [2.75, 3.05) is 29.6 Å². The molecule has 2 fully saturated rings. The highest BCUT2D eigenvalue weighted by atomic mass is 32.1. The SMILES string of the molecule is Cc1ncsc1-c1ccc(CNC(=O)[C@@H]2C[C@@H](O)CN2C(=O)C(NC(=O)c2ccccc2OCCCCOc2ccc(N3C(=S)N(c4ccc(C#N)c(C(F)(F)F)c4)C(=O)C3(C)C)cc2)C(C)(C)C)cc1. The first-order valence-corrected chi connectivity index (χ1v) is 24.2. The molecule has 3 N–H and O–H groups in total. The molecule has 372 valence electrons. The first-order valence-electron chi connectivity index (χ1n) is 22.9. The molecule has 2 aliphatic heterocycles. The van der Waals surface area contributed by atoms with E-state index in [4.69, 9.17) is 21.7 Å². The van der Waals surface area contributed by atoms with Gasteiger partial charge < -0.3 is 35.0 Å². The highest BCUT2D eigenvalue weighted by Gasteiger charge is 2.51. The fraction of sp³-hybridized carbons (Fsp3) is 0.365. The minimum atomic E-state index is -4.82. The molecule has 4 aromatic carbocycles. The average molecular weight is 1010 g/mol. The molecule has 0 radical (unpaired) electrons. The fourth-order valence-electron chi connectivity index (χ4n) is 8.50. The number of alkyl halides is 3.